The van der Waals surface area contributed by atoms with Crippen molar-refractivity contribution in [3.63, 3.8) is 0 Å². The fraction of sp³-hybridized carbons (Fsp3) is 0.978. The third kappa shape index (κ3) is 13.2. The van der Waals surface area contributed by atoms with Crippen LogP contribution in [0.1, 0.15) is 138 Å². The normalized spacial score (nSPS) is 33.4. The van der Waals surface area contributed by atoms with Crippen molar-refractivity contribution in [2.45, 2.75) is 162 Å². The third-order valence-electron chi connectivity index (χ3n) is 14.7. The first-order chi connectivity index (χ1) is 26.9. The van der Waals surface area contributed by atoms with Crippen LogP contribution < -0.4 is 33.2 Å². The van der Waals surface area contributed by atoms with Crippen LogP contribution in [0.4, 0.5) is 4.79 Å². The molecule has 0 aromatic rings. The number of ether oxygens (including phenoxy) is 4. The van der Waals surface area contributed by atoms with E-state index < -0.39 is 5.60 Å². The minimum Gasteiger partial charge on any atom is -0.444 e. The highest BCUT2D eigenvalue weighted by Crippen LogP contribution is 2.69. The topological polar surface area (TPSA) is 168 Å². The number of nitrogens with one attached hydrogen (secondary N) is 3. The van der Waals surface area contributed by atoms with E-state index in [9.17, 15) is 4.79 Å². The van der Waals surface area contributed by atoms with Gasteiger partial charge in [-0.05, 0) is 204 Å². The molecule has 0 aromatic heterocycles. The highest BCUT2D eigenvalue weighted by molar-refractivity contribution is 5.67. The van der Waals surface area contributed by atoms with E-state index in [0.29, 0.717) is 67.8 Å². The number of unbranched alkanes of at least 4 members (excludes halogenated alkanes) is 1. The standard InChI is InChI=1S/C45H88N6O5/c1-33(14-9-24-49-22-7-8-23-50-25-13-26-51-42(52)56-43(2,3)4)36-15-16-37-41-38(32-40(45(36,37)6)55-29-12-21-48)44(5)18-17-35(53-27-10-19-46)30-34(44)31-39(41)54-28-11-20-47/h33-41,49-50H,7-32,46-48H2,1-6H3,(H,51,52)/t33-,34?,35?,36?,37+,38+,39-,40+,41?,44+,45-/m1/s1. The molecule has 0 heterocycles. The Morgan fingerprint density at radius 2 is 1.36 bits per heavy atom. The Labute approximate surface area is 342 Å². The number of alkyl carbamates (subject to hydrolysis) is 1. The maximum Gasteiger partial charge on any atom is 0.407 e. The molecule has 328 valence electrons. The van der Waals surface area contributed by atoms with Crippen LogP contribution in [0.5, 0.6) is 0 Å². The van der Waals surface area contributed by atoms with E-state index in [1.807, 2.05) is 20.8 Å². The largest absolute Gasteiger partial charge is 0.444 e. The van der Waals surface area contributed by atoms with Crippen molar-refractivity contribution in [2.75, 3.05) is 72.2 Å². The van der Waals surface area contributed by atoms with Crippen LogP contribution in [0.3, 0.4) is 0 Å². The number of rotatable bonds is 26. The summed E-state index contributed by atoms with van der Waals surface area (Å²) in [7, 11) is 0. The summed E-state index contributed by atoms with van der Waals surface area (Å²) in [4.78, 5) is 11.8. The molecule has 4 rings (SSSR count). The van der Waals surface area contributed by atoms with Crippen molar-refractivity contribution in [2.24, 2.45) is 63.5 Å². The second-order valence-electron chi connectivity index (χ2n) is 19.6. The molecule has 9 N–H and O–H groups in total. The second kappa shape index (κ2) is 23.7. The molecule has 0 saturated heterocycles. The molecular weight excluding hydrogens is 705 g/mol. The van der Waals surface area contributed by atoms with Crippen molar-refractivity contribution in [1.29, 1.82) is 0 Å². The number of nitrogens with two attached hydrogens (primary N) is 3. The molecule has 4 unspecified atom stereocenters. The van der Waals surface area contributed by atoms with Gasteiger partial charge < -0.3 is 52.1 Å². The summed E-state index contributed by atoms with van der Waals surface area (Å²) in [6.45, 7) is 22.5. The van der Waals surface area contributed by atoms with Gasteiger partial charge in [0.25, 0.3) is 0 Å². The average molecular weight is 793 g/mol. The van der Waals surface area contributed by atoms with Crippen LogP contribution in [0.2, 0.25) is 0 Å². The Morgan fingerprint density at radius 1 is 0.732 bits per heavy atom. The molecule has 11 heteroatoms. The maximum atomic E-state index is 11.8. The zero-order valence-electron chi connectivity index (χ0n) is 36.9. The van der Waals surface area contributed by atoms with E-state index in [2.05, 4.69) is 36.7 Å². The molecule has 4 fully saturated rings. The highest BCUT2D eigenvalue weighted by atomic mass is 16.6. The number of hydrogen-bond donors (Lipinski definition) is 6. The first-order valence-corrected chi connectivity index (χ1v) is 23.2. The molecule has 4 aliphatic rings. The molecule has 11 atom stereocenters. The molecule has 56 heavy (non-hydrogen) atoms. The fourth-order valence-electron chi connectivity index (χ4n) is 11.8. The Hall–Kier alpha value is -1.05. The average Bonchev–Trinajstić information content (AvgIpc) is 3.51. The first kappa shape index (κ1) is 47.6. The Kier molecular flexibility index (Phi) is 20.1. The molecule has 4 aliphatic carbocycles. The molecule has 0 radical (unpaired) electrons. The lowest BCUT2D eigenvalue weighted by atomic mass is 9.43. The van der Waals surface area contributed by atoms with Crippen LogP contribution in [0.25, 0.3) is 0 Å². The summed E-state index contributed by atoms with van der Waals surface area (Å²) in [5.41, 5.74) is 17.8. The van der Waals surface area contributed by atoms with Gasteiger partial charge in [0.15, 0.2) is 0 Å². The van der Waals surface area contributed by atoms with E-state index in [4.69, 9.17) is 36.1 Å². The van der Waals surface area contributed by atoms with Crippen molar-refractivity contribution in [3.05, 3.63) is 0 Å². The molecule has 11 nitrogen and oxygen atoms in total. The van der Waals surface area contributed by atoms with E-state index in [1.54, 1.807) is 0 Å². The molecule has 0 spiro atoms. The summed E-state index contributed by atoms with van der Waals surface area (Å²) in [5, 5.41) is 10.1. The molecular formula is C45H88N6O5. The van der Waals surface area contributed by atoms with Gasteiger partial charge in [0.05, 0.1) is 18.3 Å². The van der Waals surface area contributed by atoms with Gasteiger partial charge in [-0.25, -0.2) is 4.79 Å². The lowest BCUT2D eigenvalue weighted by Gasteiger charge is -2.65. The molecule has 4 saturated carbocycles. The highest BCUT2D eigenvalue weighted by Gasteiger charge is 2.66. The monoisotopic (exact) mass is 793 g/mol. The van der Waals surface area contributed by atoms with Gasteiger partial charge in [-0.15, -0.1) is 0 Å². The van der Waals surface area contributed by atoms with Crippen molar-refractivity contribution < 1.29 is 23.7 Å². The second-order valence-corrected chi connectivity index (χ2v) is 19.6. The van der Waals surface area contributed by atoms with Gasteiger partial charge in [0.2, 0.25) is 0 Å². The zero-order valence-corrected chi connectivity index (χ0v) is 36.9. The number of fused-ring (bicyclic) bond motifs is 5. The summed E-state index contributed by atoms with van der Waals surface area (Å²) >= 11 is 0. The predicted octanol–water partition coefficient (Wildman–Crippen LogP) is 6.36. The minimum absolute atomic E-state index is 0.141. The van der Waals surface area contributed by atoms with Crippen LogP contribution in [-0.4, -0.2) is 102 Å². The van der Waals surface area contributed by atoms with Crippen LogP contribution >= 0.6 is 0 Å². The molecule has 1 amide bonds. The fourth-order valence-corrected chi connectivity index (χ4v) is 11.8. The van der Waals surface area contributed by atoms with Gasteiger partial charge >= 0.3 is 6.09 Å². The minimum atomic E-state index is -0.458. The summed E-state index contributed by atoms with van der Waals surface area (Å²) in [6.07, 6.45) is 17.4. The maximum absolute atomic E-state index is 11.8. The Morgan fingerprint density at radius 3 is 2.02 bits per heavy atom. The first-order valence-electron chi connectivity index (χ1n) is 23.2. The Balaban J connectivity index is 1.29. The predicted molar refractivity (Wildman–Crippen MR) is 228 cm³/mol. The van der Waals surface area contributed by atoms with Crippen LogP contribution in [-0.2, 0) is 18.9 Å². The van der Waals surface area contributed by atoms with Crippen molar-refractivity contribution in [1.82, 2.24) is 16.0 Å². The van der Waals surface area contributed by atoms with E-state index >= 15 is 0 Å². The molecule has 0 bridgehead atoms. The molecule has 0 aliphatic heterocycles. The SMILES string of the molecule is C[C@H](CCCNCCCCNCCCNC(=O)OC(C)(C)C)C1CC[C@H]2C3[C@H](OCCCN)CC4CC(OCCCN)CC[C@]4(C)[C@H]3C[C@H](OCCCN)[C@]12C. The van der Waals surface area contributed by atoms with E-state index in [-0.39, 0.29) is 29.1 Å². The van der Waals surface area contributed by atoms with Gasteiger partial charge in [-0.1, -0.05) is 20.8 Å². The summed E-state index contributed by atoms with van der Waals surface area (Å²) < 4.78 is 25.7. The third-order valence-corrected chi connectivity index (χ3v) is 14.7. The number of carbonyl (C=O) groups excluding carboxylic acids is 1. The van der Waals surface area contributed by atoms with Gasteiger partial charge in [-0.3, -0.25) is 0 Å². The van der Waals surface area contributed by atoms with Gasteiger partial charge in [-0.2, -0.15) is 0 Å². The lowest BCUT2D eigenvalue weighted by Crippen LogP contribution is -2.63. The Bertz CT molecular complexity index is 1110. The van der Waals surface area contributed by atoms with Gasteiger partial charge in [0.1, 0.15) is 5.60 Å². The van der Waals surface area contributed by atoms with Crippen molar-refractivity contribution in [3.8, 4) is 0 Å². The smallest absolute Gasteiger partial charge is 0.407 e. The zero-order chi connectivity index (χ0) is 40.6. The van der Waals surface area contributed by atoms with Gasteiger partial charge in [0, 0.05) is 31.8 Å². The number of amides is 1. The lowest BCUT2D eigenvalue weighted by molar-refractivity contribution is -0.227. The van der Waals surface area contributed by atoms with Crippen LogP contribution in [0.15, 0.2) is 0 Å². The summed E-state index contributed by atoms with van der Waals surface area (Å²) in [6, 6.07) is 0. The van der Waals surface area contributed by atoms with E-state index in [1.165, 1.54) is 38.5 Å². The number of hydrogen-bond acceptors (Lipinski definition) is 10. The van der Waals surface area contributed by atoms with E-state index in [0.717, 1.165) is 104 Å². The quantitative estimate of drug-likeness (QED) is 0.0543. The van der Waals surface area contributed by atoms with Crippen molar-refractivity contribution >= 4 is 6.09 Å². The van der Waals surface area contributed by atoms with Crippen LogP contribution in [0, 0.1) is 46.3 Å². The number of carbonyl (C=O) groups is 1. The summed E-state index contributed by atoms with van der Waals surface area (Å²) in [5.74, 6) is 3.71. The molecule has 0 aromatic carbocycles.